The van der Waals surface area contributed by atoms with Crippen molar-refractivity contribution in [3.63, 3.8) is 0 Å². The average Bonchev–Trinajstić information content (AvgIpc) is 2.56. The van der Waals surface area contributed by atoms with Gasteiger partial charge in [-0.2, -0.15) is 0 Å². The van der Waals surface area contributed by atoms with Gasteiger partial charge in [-0.1, -0.05) is 6.07 Å². The van der Waals surface area contributed by atoms with E-state index in [4.69, 9.17) is 0 Å². The molecule has 0 unspecified atom stereocenters. The lowest BCUT2D eigenvalue weighted by Crippen LogP contribution is -2.51. The third-order valence-corrected chi connectivity index (χ3v) is 3.96. The molecule has 1 fully saturated rings. The standard InChI is InChI=1S/C16H21F2N3O3/c1-11-3-4-12(15(22)24-2)9-13(11)19-16(23)21-7-5-20(6-8-21)10-14(17)18/h3-4,9,14H,5-8,10H2,1-2H3,(H,19,23). The highest BCUT2D eigenvalue weighted by Gasteiger charge is 2.23. The summed E-state index contributed by atoms with van der Waals surface area (Å²) in [5.74, 6) is -0.480. The number of urea groups is 1. The molecule has 8 heteroatoms. The molecule has 0 aromatic heterocycles. The Morgan fingerprint density at radius 2 is 1.92 bits per heavy atom. The molecule has 0 spiro atoms. The molecule has 24 heavy (non-hydrogen) atoms. The van der Waals surface area contributed by atoms with Crippen LogP contribution in [0.25, 0.3) is 0 Å². The van der Waals surface area contributed by atoms with Crippen LogP contribution in [-0.2, 0) is 4.74 Å². The molecule has 1 saturated heterocycles. The van der Waals surface area contributed by atoms with E-state index in [1.165, 1.54) is 7.11 Å². The van der Waals surface area contributed by atoms with E-state index in [1.807, 2.05) is 6.92 Å². The molecule has 1 aliphatic heterocycles. The first kappa shape index (κ1) is 18.1. The monoisotopic (exact) mass is 341 g/mol. The highest BCUT2D eigenvalue weighted by atomic mass is 19.3. The average molecular weight is 341 g/mol. The number of nitrogens with one attached hydrogen (secondary N) is 1. The SMILES string of the molecule is COC(=O)c1ccc(C)c(NC(=O)N2CCN(CC(F)F)CC2)c1. The molecular formula is C16H21F2N3O3. The molecule has 2 amide bonds. The number of ether oxygens (including phenoxy) is 1. The second-order valence-electron chi connectivity index (χ2n) is 5.63. The zero-order chi connectivity index (χ0) is 17.7. The summed E-state index contributed by atoms with van der Waals surface area (Å²) in [6, 6.07) is 4.60. The number of aryl methyl sites for hydroxylation is 1. The molecule has 1 aromatic rings. The number of halogens is 2. The van der Waals surface area contributed by atoms with Crippen molar-refractivity contribution in [3.05, 3.63) is 29.3 Å². The van der Waals surface area contributed by atoms with Gasteiger partial charge in [0.05, 0.1) is 19.2 Å². The molecule has 0 bridgehead atoms. The van der Waals surface area contributed by atoms with Crippen LogP contribution in [0.2, 0.25) is 0 Å². The molecule has 132 valence electrons. The second kappa shape index (κ2) is 8.05. The predicted octanol–water partition coefficient (Wildman–Crippen LogP) is 2.20. The van der Waals surface area contributed by atoms with E-state index in [2.05, 4.69) is 10.1 Å². The lowest BCUT2D eigenvalue weighted by atomic mass is 10.1. The number of nitrogens with zero attached hydrogens (tertiary/aromatic N) is 2. The number of carbonyl (C=O) groups excluding carboxylic acids is 2. The number of piperazine rings is 1. The van der Waals surface area contributed by atoms with E-state index in [1.54, 1.807) is 28.0 Å². The van der Waals surface area contributed by atoms with E-state index in [0.29, 0.717) is 37.4 Å². The summed E-state index contributed by atoms with van der Waals surface area (Å²) in [6.45, 7) is 3.15. The maximum absolute atomic E-state index is 12.4. The quantitative estimate of drug-likeness (QED) is 0.853. The van der Waals surface area contributed by atoms with Crippen LogP contribution < -0.4 is 5.32 Å². The lowest BCUT2D eigenvalue weighted by Gasteiger charge is -2.34. The minimum absolute atomic E-state index is 0.268. The van der Waals surface area contributed by atoms with Crippen molar-refractivity contribution in [2.75, 3.05) is 45.2 Å². The first-order valence-corrected chi connectivity index (χ1v) is 7.66. The summed E-state index contributed by atoms with van der Waals surface area (Å²) in [5.41, 5.74) is 1.69. The number of methoxy groups -OCH3 is 1. The van der Waals surface area contributed by atoms with E-state index in [-0.39, 0.29) is 12.6 Å². The Morgan fingerprint density at radius 3 is 2.50 bits per heavy atom. The number of anilines is 1. The first-order chi connectivity index (χ1) is 11.4. The Labute approximate surface area is 139 Å². The van der Waals surface area contributed by atoms with Gasteiger partial charge in [0.2, 0.25) is 0 Å². The Bertz CT molecular complexity index is 602. The Morgan fingerprint density at radius 1 is 1.25 bits per heavy atom. The number of rotatable bonds is 4. The van der Waals surface area contributed by atoms with Crippen molar-refractivity contribution >= 4 is 17.7 Å². The van der Waals surface area contributed by atoms with E-state index >= 15 is 0 Å². The third kappa shape index (κ3) is 4.64. The van der Waals surface area contributed by atoms with Gasteiger partial charge < -0.3 is 15.0 Å². The fourth-order valence-corrected chi connectivity index (χ4v) is 2.52. The minimum Gasteiger partial charge on any atom is -0.465 e. The molecule has 0 radical (unpaired) electrons. The number of alkyl halides is 2. The Hall–Kier alpha value is -2.22. The van der Waals surface area contributed by atoms with Crippen LogP contribution in [-0.4, -0.2) is 68.1 Å². The van der Waals surface area contributed by atoms with Gasteiger partial charge in [0.15, 0.2) is 0 Å². The smallest absolute Gasteiger partial charge is 0.337 e. The Balaban J connectivity index is 1.97. The van der Waals surface area contributed by atoms with Crippen molar-refractivity contribution in [2.45, 2.75) is 13.3 Å². The minimum atomic E-state index is -2.37. The third-order valence-electron chi connectivity index (χ3n) is 3.96. The molecule has 0 saturated carbocycles. The lowest BCUT2D eigenvalue weighted by molar-refractivity contribution is 0.0599. The van der Waals surface area contributed by atoms with Crippen molar-refractivity contribution in [3.8, 4) is 0 Å². The van der Waals surface area contributed by atoms with Crippen LogP contribution >= 0.6 is 0 Å². The zero-order valence-electron chi connectivity index (χ0n) is 13.7. The summed E-state index contributed by atoms with van der Waals surface area (Å²) in [6.07, 6.45) is -2.37. The van der Waals surface area contributed by atoms with Gasteiger partial charge in [0, 0.05) is 31.9 Å². The van der Waals surface area contributed by atoms with Crippen LogP contribution in [0.3, 0.4) is 0 Å². The van der Waals surface area contributed by atoms with Gasteiger partial charge in [0.1, 0.15) is 0 Å². The largest absolute Gasteiger partial charge is 0.465 e. The molecule has 1 aromatic carbocycles. The van der Waals surface area contributed by atoms with E-state index in [9.17, 15) is 18.4 Å². The van der Waals surface area contributed by atoms with Crippen molar-refractivity contribution < 1.29 is 23.1 Å². The van der Waals surface area contributed by atoms with Gasteiger partial charge in [-0.3, -0.25) is 4.90 Å². The van der Waals surface area contributed by atoms with Gasteiger partial charge in [-0.25, -0.2) is 18.4 Å². The van der Waals surface area contributed by atoms with E-state index in [0.717, 1.165) is 5.56 Å². The fourth-order valence-electron chi connectivity index (χ4n) is 2.52. The van der Waals surface area contributed by atoms with Gasteiger partial charge in [-0.15, -0.1) is 0 Å². The van der Waals surface area contributed by atoms with Gasteiger partial charge in [0.25, 0.3) is 6.43 Å². The summed E-state index contributed by atoms with van der Waals surface area (Å²) in [4.78, 5) is 27.1. The highest BCUT2D eigenvalue weighted by Crippen LogP contribution is 2.18. The number of carbonyl (C=O) groups is 2. The summed E-state index contributed by atoms with van der Waals surface area (Å²) >= 11 is 0. The molecule has 0 aliphatic carbocycles. The molecule has 2 rings (SSSR count). The molecule has 1 heterocycles. The highest BCUT2D eigenvalue weighted by molar-refractivity contribution is 5.94. The maximum atomic E-state index is 12.4. The molecular weight excluding hydrogens is 320 g/mol. The summed E-state index contributed by atoms with van der Waals surface area (Å²) in [5, 5.41) is 2.77. The van der Waals surface area contributed by atoms with Crippen LogP contribution in [0.1, 0.15) is 15.9 Å². The number of hydrogen-bond acceptors (Lipinski definition) is 4. The van der Waals surface area contributed by atoms with Gasteiger partial charge in [-0.05, 0) is 24.6 Å². The topological polar surface area (TPSA) is 61.9 Å². The van der Waals surface area contributed by atoms with Crippen LogP contribution in [0, 0.1) is 6.92 Å². The van der Waals surface area contributed by atoms with Crippen LogP contribution in [0.15, 0.2) is 18.2 Å². The number of esters is 1. The van der Waals surface area contributed by atoms with Crippen LogP contribution in [0.5, 0.6) is 0 Å². The van der Waals surface area contributed by atoms with Gasteiger partial charge >= 0.3 is 12.0 Å². The van der Waals surface area contributed by atoms with Crippen molar-refractivity contribution in [1.82, 2.24) is 9.80 Å². The van der Waals surface area contributed by atoms with Crippen molar-refractivity contribution in [2.24, 2.45) is 0 Å². The molecule has 1 N–H and O–H groups in total. The fraction of sp³-hybridized carbons (Fsp3) is 0.500. The number of benzene rings is 1. The number of hydrogen-bond donors (Lipinski definition) is 1. The predicted molar refractivity (Wildman–Crippen MR) is 85.6 cm³/mol. The summed E-state index contributed by atoms with van der Waals surface area (Å²) < 4.78 is 29.4. The zero-order valence-corrected chi connectivity index (χ0v) is 13.7. The first-order valence-electron chi connectivity index (χ1n) is 7.66. The second-order valence-corrected chi connectivity index (χ2v) is 5.63. The maximum Gasteiger partial charge on any atom is 0.337 e. The Kier molecular flexibility index (Phi) is 6.08. The molecule has 1 aliphatic rings. The molecule has 0 atom stereocenters. The molecule has 6 nitrogen and oxygen atoms in total. The van der Waals surface area contributed by atoms with Crippen molar-refractivity contribution in [1.29, 1.82) is 0 Å². The van der Waals surface area contributed by atoms with E-state index < -0.39 is 12.4 Å². The summed E-state index contributed by atoms with van der Waals surface area (Å²) in [7, 11) is 1.29. The normalized spacial score (nSPS) is 15.5. The number of amides is 2. The van der Waals surface area contributed by atoms with Crippen LogP contribution in [0.4, 0.5) is 19.3 Å².